The van der Waals surface area contributed by atoms with Crippen molar-refractivity contribution in [2.24, 2.45) is 0 Å². The molecule has 0 bridgehead atoms. The largest absolute Gasteiger partial charge is 0.481 e. The molecule has 0 atom stereocenters. The molecule has 0 saturated carbocycles. The molecule has 0 radical (unpaired) electrons. The summed E-state index contributed by atoms with van der Waals surface area (Å²) in [6.45, 7) is 0.692. The van der Waals surface area contributed by atoms with Gasteiger partial charge in [-0.05, 0) is 30.5 Å². The third kappa shape index (κ3) is 3.23. The van der Waals surface area contributed by atoms with Gasteiger partial charge in [0.05, 0.1) is 5.69 Å². The minimum atomic E-state index is -0.758. The predicted octanol–water partition coefficient (Wildman–Crippen LogP) is 1.34. The Morgan fingerprint density at radius 2 is 2.06 bits per heavy atom. The summed E-state index contributed by atoms with van der Waals surface area (Å²) in [5.41, 5.74) is 4.84. The fraction of sp³-hybridized carbons (Fsp3) is 0.385. The summed E-state index contributed by atoms with van der Waals surface area (Å²) < 4.78 is 0. The lowest BCUT2D eigenvalue weighted by atomic mass is 10.1. The molecule has 1 aliphatic heterocycles. The maximum absolute atomic E-state index is 11.1. The van der Waals surface area contributed by atoms with E-state index in [1.54, 1.807) is 0 Å². The Morgan fingerprint density at radius 1 is 1.33 bits per heavy atom. The maximum Gasteiger partial charge on any atom is 0.303 e. The highest BCUT2D eigenvalue weighted by Crippen LogP contribution is 2.17. The second-order valence-corrected chi connectivity index (χ2v) is 4.35. The van der Waals surface area contributed by atoms with Gasteiger partial charge in [-0.2, -0.15) is 0 Å². The molecule has 0 spiro atoms. The SMILES string of the molecule is O=C(O)CCCc1ccc(N2CCC(=O)N2)cc1. The number of nitrogens with one attached hydrogen (secondary N) is 1. The molecule has 1 amide bonds. The van der Waals surface area contributed by atoms with E-state index in [1.807, 2.05) is 29.3 Å². The number of amides is 1. The predicted molar refractivity (Wildman–Crippen MR) is 67.1 cm³/mol. The van der Waals surface area contributed by atoms with Crippen LogP contribution in [0.25, 0.3) is 0 Å². The van der Waals surface area contributed by atoms with E-state index in [2.05, 4.69) is 5.43 Å². The summed E-state index contributed by atoms with van der Waals surface area (Å²) in [7, 11) is 0. The molecular formula is C13H16N2O3. The molecule has 2 N–H and O–H groups in total. The highest BCUT2D eigenvalue weighted by molar-refractivity contribution is 5.81. The van der Waals surface area contributed by atoms with Gasteiger partial charge in [-0.1, -0.05) is 12.1 Å². The van der Waals surface area contributed by atoms with Crippen LogP contribution in [-0.2, 0) is 16.0 Å². The minimum Gasteiger partial charge on any atom is -0.481 e. The Kier molecular flexibility index (Phi) is 3.82. The fourth-order valence-electron chi connectivity index (χ4n) is 1.96. The van der Waals surface area contributed by atoms with E-state index >= 15 is 0 Å². The van der Waals surface area contributed by atoms with Crippen molar-refractivity contribution < 1.29 is 14.7 Å². The van der Waals surface area contributed by atoms with Crippen LogP contribution in [0.15, 0.2) is 24.3 Å². The maximum atomic E-state index is 11.1. The second-order valence-electron chi connectivity index (χ2n) is 4.35. The average Bonchev–Trinajstić information content (AvgIpc) is 2.76. The number of aryl methyl sites for hydroxylation is 1. The number of benzene rings is 1. The zero-order valence-electron chi connectivity index (χ0n) is 10.1. The van der Waals surface area contributed by atoms with Gasteiger partial charge in [-0.3, -0.25) is 20.0 Å². The molecule has 1 fully saturated rings. The lowest BCUT2D eigenvalue weighted by Gasteiger charge is -2.17. The number of hydrogen-bond donors (Lipinski definition) is 2. The normalized spacial score (nSPS) is 14.7. The van der Waals surface area contributed by atoms with Gasteiger partial charge in [0.25, 0.3) is 0 Å². The summed E-state index contributed by atoms with van der Waals surface area (Å²) in [5, 5.41) is 10.4. The van der Waals surface area contributed by atoms with Crippen LogP contribution in [-0.4, -0.2) is 23.5 Å². The fourth-order valence-corrected chi connectivity index (χ4v) is 1.96. The molecule has 5 heteroatoms. The third-order valence-electron chi connectivity index (χ3n) is 2.93. The van der Waals surface area contributed by atoms with Gasteiger partial charge in [0.1, 0.15) is 0 Å². The minimum absolute atomic E-state index is 0.0422. The first-order valence-electron chi connectivity index (χ1n) is 6.03. The number of hydrazine groups is 1. The lowest BCUT2D eigenvalue weighted by molar-refractivity contribution is -0.137. The molecule has 1 saturated heterocycles. The van der Waals surface area contributed by atoms with E-state index in [1.165, 1.54) is 0 Å². The van der Waals surface area contributed by atoms with Gasteiger partial charge in [-0.25, -0.2) is 0 Å². The van der Waals surface area contributed by atoms with Crippen LogP contribution in [0, 0.1) is 0 Å². The van der Waals surface area contributed by atoms with E-state index in [4.69, 9.17) is 5.11 Å². The number of carbonyl (C=O) groups excluding carboxylic acids is 1. The first kappa shape index (κ1) is 12.4. The summed E-state index contributed by atoms with van der Waals surface area (Å²) in [5.74, 6) is -0.716. The molecule has 0 aliphatic carbocycles. The summed E-state index contributed by atoms with van der Waals surface area (Å²) in [6.07, 6.45) is 2.14. The highest BCUT2D eigenvalue weighted by atomic mass is 16.4. The number of anilines is 1. The van der Waals surface area contributed by atoms with Crippen LogP contribution < -0.4 is 10.4 Å². The van der Waals surface area contributed by atoms with Crippen molar-refractivity contribution in [1.82, 2.24) is 5.43 Å². The zero-order valence-corrected chi connectivity index (χ0v) is 10.1. The molecule has 5 nitrogen and oxygen atoms in total. The zero-order chi connectivity index (χ0) is 13.0. The van der Waals surface area contributed by atoms with Crippen LogP contribution in [0.3, 0.4) is 0 Å². The van der Waals surface area contributed by atoms with E-state index in [0.717, 1.165) is 17.7 Å². The quantitative estimate of drug-likeness (QED) is 0.825. The van der Waals surface area contributed by atoms with Gasteiger partial charge < -0.3 is 5.11 Å². The molecule has 96 valence electrons. The van der Waals surface area contributed by atoms with Crippen molar-refractivity contribution in [3.05, 3.63) is 29.8 Å². The van der Waals surface area contributed by atoms with Crippen LogP contribution in [0.2, 0.25) is 0 Å². The van der Waals surface area contributed by atoms with Crippen LogP contribution >= 0.6 is 0 Å². The topological polar surface area (TPSA) is 69.6 Å². The first-order valence-corrected chi connectivity index (χ1v) is 6.03. The summed E-state index contributed by atoms with van der Waals surface area (Å²) in [6, 6.07) is 7.84. The van der Waals surface area contributed by atoms with Crippen LogP contribution in [0.1, 0.15) is 24.8 Å². The number of hydrogen-bond acceptors (Lipinski definition) is 3. The smallest absolute Gasteiger partial charge is 0.303 e. The Bertz CT molecular complexity index is 442. The van der Waals surface area contributed by atoms with Crippen molar-refractivity contribution >= 4 is 17.6 Å². The second kappa shape index (κ2) is 5.53. The van der Waals surface area contributed by atoms with Crippen molar-refractivity contribution in [3.63, 3.8) is 0 Å². The average molecular weight is 248 g/mol. The van der Waals surface area contributed by atoms with E-state index in [-0.39, 0.29) is 12.3 Å². The van der Waals surface area contributed by atoms with Crippen molar-refractivity contribution in [2.45, 2.75) is 25.7 Å². The third-order valence-corrected chi connectivity index (χ3v) is 2.93. The Labute approximate surface area is 105 Å². The Morgan fingerprint density at radius 3 is 2.61 bits per heavy atom. The Hall–Kier alpha value is -2.04. The number of carboxylic acid groups (broad SMARTS) is 1. The molecule has 1 heterocycles. The number of carboxylic acids is 1. The molecule has 18 heavy (non-hydrogen) atoms. The number of nitrogens with zero attached hydrogens (tertiary/aromatic N) is 1. The number of aliphatic carboxylic acids is 1. The Balaban J connectivity index is 1.89. The standard InChI is InChI=1S/C13H16N2O3/c16-12-8-9-15(14-12)11-6-4-10(5-7-11)2-1-3-13(17)18/h4-7H,1-3,8-9H2,(H,14,16)(H,17,18). The van der Waals surface area contributed by atoms with Gasteiger partial charge in [0, 0.05) is 19.4 Å². The first-order chi connectivity index (χ1) is 8.65. The molecular weight excluding hydrogens is 232 g/mol. The summed E-state index contributed by atoms with van der Waals surface area (Å²) in [4.78, 5) is 21.5. The molecule has 1 aromatic carbocycles. The monoisotopic (exact) mass is 248 g/mol. The van der Waals surface area contributed by atoms with Gasteiger partial charge in [-0.15, -0.1) is 0 Å². The molecule has 2 rings (SSSR count). The van der Waals surface area contributed by atoms with Gasteiger partial charge in [0.2, 0.25) is 5.91 Å². The molecule has 0 unspecified atom stereocenters. The van der Waals surface area contributed by atoms with Crippen LogP contribution in [0.5, 0.6) is 0 Å². The number of rotatable bonds is 5. The van der Waals surface area contributed by atoms with E-state index < -0.39 is 5.97 Å². The van der Waals surface area contributed by atoms with Crippen molar-refractivity contribution in [3.8, 4) is 0 Å². The van der Waals surface area contributed by atoms with Gasteiger partial charge in [0.15, 0.2) is 0 Å². The van der Waals surface area contributed by atoms with E-state index in [0.29, 0.717) is 19.4 Å². The van der Waals surface area contributed by atoms with Crippen LogP contribution in [0.4, 0.5) is 5.69 Å². The van der Waals surface area contributed by atoms with Crippen molar-refractivity contribution in [1.29, 1.82) is 0 Å². The lowest BCUT2D eigenvalue weighted by Crippen LogP contribution is -2.32. The van der Waals surface area contributed by atoms with Gasteiger partial charge >= 0.3 is 5.97 Å². The van der Waals surface area contributed by atoms with Crippen molar-refractivity contribution in [2.75, 3.05) is 11.6 Å². The summed E-state index contributed by atoms with van der Waals surface area (Å²) >= 11 is 0. The number of carbonyl (C=O) groups is 2. The molecule has 1 aromatic rings. The highest BCUT2D eigenvalue weighted by Gasteiger charge is 2.18. The molecule has 0 aromatic heterocycles. The van der Waals surface area contributed by atoms with E-state index in [9.17, 15) is 9.59 Å². The molecule has 1 aliphatic rings.